The second-order valence-corrected chi connectivity index (χ2v) is 9.13. The van der Waals surface area contributed by atoms with Gasteiger partial charge in [-0.3, -0.25) is 0 Å². The van der Waals surface area contributed by atoms with Gasteiger partial charge in [0, 0.05) is 7.14 Å². The van der Waals surface area contributed by atoms with Crippen LogP contribution in [0.5, 0.6) is 0 Å². The third-order valence-electron chi connectivity index (χ3n) is 4.84. The maximum Gasteiger partial charge on any atom is 0.123 e. The Balaban J connectivity index is 1.57. The number of halogens is 4. The van der Waals surface area contributed by atoms with Gasteiger partial charge < -0.3 is 0 Å². The summed E-state index contributed by atoms with van der Waals surface area (Å²) in [5.41, 5.74) is 6.69. The maximum absolute atomic E-state index is 13.2. The van der Waals surface area contributed by atoms with E-state index in [1.54, 1.807) is 24.3 Å². The topological polar surface area (TPSA) is 0 Å². The molecule has 0 aromatic heterocycles. The molecule has 0 aliphatic carbocycles. The molecule has 0 N–H and O–H groups in total. The third kappa shape index (κ3) is 4.86. The van der Waals surface area contributed by atoms with E-state index in [-0.39, 0.29) is 11.6 Å². The fourth-order valence-electron chi connectivity index (χ4n) is 3.23. The summed E-state index contributed by atoms with van der Waals surface area (Å²) in [5.74, 6) is -0.447. The monoisotopic (exact) mass is 608 g/mol. The predicted octanol–water partition coefficient (Wildman–Crippen LogP) is 8.10. The van der Waals surface area contributed by atoms with Gasteiger partial charge in [0.15, 0.2) is 0 Å². The summed E-state index contributed by atoms with van der Waals surface area (Å²) in [5, 5.41) is 0. The summed E-state index contributed by atoms with van der Waals surface area (Å²) in [7, 11) is 0. The molecule has 0 amide bonds. The summed E-state index contributed by atoms with van der Waals surface area (Å²) < 4.78 is 28.7. The first-order valence-corrected chi connectivity index (χ1v) is 11.2. The highest BCUT2D eigenvalue weighted by Gasteiger charge is 2.09. The minimum atomic E-state index is -0.223. The molecule has 0 heterocycles. The van der Waals surface area contributed by atoms with Crippen LogP contribution in [0.3, 0.4) is 0 Å². The molecule has 0 saturated heterocycles. The van der Waals surface area contributed by atoms with Crippen molar-refractivity contribution in [2.45, 2.75) is 6.42 Å². The Bertz CT molecular complexity index is 1060. The normalized spacial score (nSPS) is 10.9. The Labute approximate surface area is 196 Å². The molecule has 0 spiro atoms. The molecule has 4 aromatic rings. The van der Waals surface area contributed by atoms with E-state index in [4.69, 9.17) is 0 Å². The van der Waals surface area contributed by atoms with Gasteiger partial charge in [0.2, 0.25) is 0 Å². The minimum Gasteiger partial charge on any atom is -0.207 e. The van der Waals surface area contributed by atoms with Crippen molar-refractivity contribution in [1.29, 1.82) is 0 Å². The van der Waals surface area contributed by atoms with E-state index in [0.717, 1.165) is 28.7 Å². The molecule has 0 atom stereocenters. The summed E-state index contributed by atoms with van der Waals surface area (Å²) >= 11 is 4.73. The van der Waals surface area contributed by atoms with Crippen molar-refractivity contribution in [1.82, 2.24) is 0 Å². The van der Waals surface area contributed by atoms with Gasteiger partial charge >= 0.3 is 0 Å². The van der Waals surface area contributed by atoms with Crippen molar-refractivity contribution in [3.8, 4) is 22.3 Å². The fourth-order valence-corrected chi connectivity index (χ4v) is 4.64. The van der Waals surface area contributed by atoms with E-state index in [1.165, 1.54) is 42.5 Å². The molecule has 144 valence electrons. The van der Waals surface area contributed by atoms with E-state index in [0.29, 0.717) is 0 Å². The molecule has 29 heavy (non-hydrogen) atoms. The van der Waals surface area contributed by atoms with Crippen LogP contribution in [-0.4, -0.2) is 0 Å². The molecule has 0 aliphatic heterocycles. The zero-order valence-electron chi connectivity index (χ0n) is 15.3. The van der Waals surface area contributed by atoms with Crippen LogP contribution in [0.25, 0.3) is 22.3 Å². The van der Waals surface area contributed by atoms with Gasteiger partial charge in [-0.25, -0.2) is 8.78 Å². The minimum absolute atomic E-state index is 0.223. The molecular formula is C25H16F2I2. The maximum atomic E-state index is 13.2. The fraction of sp³-hybridized carbons (Fsp3) is 0.0400. The first-order valence-electron chi connectivity index (χ1n) is 9.08. The summed E-state index contributed by atoms with van der Waals surface area (Å²) in [4.78, 5) is 0. The van der Waals surface area contributed by atoms with Gasteiger partial charge in [0.25, 0.3) is 0 Å². The van der Waals surface area contributed by atoms with Crippen molar-refractivity contribution in [3.05, 3.63) is 115 Å². The van der Waals surface area contributed by atoms with Gasteiger partial charge in [-0.1, -0.05) is 48.5 Å². The molecule has 4 heteroatoms. The lowest BCUT2D eigenvalue weighted by molar-refractivity contribution is 0.627. The van der Waals surface area contributed by atoms with E-state index in [9.17, 15) is 8.78 Å². The molecule has 0 fully saturated rings. The molecular weight excluding hydrogens is 592 g/mol. The van der Waals surface area contributed by atoms with Crippen LogP contribution in [-0.2, 0) is 6.42 Å². The Kier molecular flexibility index (Phi) is 6.29. The molecule has 0 saturated carbocycles. The summed E-state index contributed by atoms with van der Waals surface area (Å²) in [6.45, 7) is 0. The van der Waals surface area contributed by atoms with Crippen molar-refractivity contribution in [2.75, 3.05) is 0 Å². The van der Waals surface area contributed by atoms with E-state index < -0.39 is 0 Å². The Morgan fingerprint density at radius 2 is 0.828 bits per heavy atom. The lowest BCUT2D eigenvalue weighted by Crippen LogP contribution is -1.96. The van der Waals surface area contributed by atoms with Crippen molar-refractivity contribution in [2.24, 2.45) is 0 Å². The largest absolute Gasteiger partial charge is 0.207 e. The molecule has 0 radical (unpaired) electrons. The van der Waals surface area contributed by atoms with Crippen LogP contribution >= 0.6 is 45.2 Å². The van der Waals surface area contributed by atoms with Crippen molar-refractivity contribution in [3.63, 3.8) is 0 Å². The summed E-state index contributed by atoms with van der Waals surface area (Å²) in [6, 6.07) is 25.9. The van der Waals surface area contributed by atoms with Crippen LogP contribution in [0, 0.1) is 18.8 Å². The van der Waals surface area contributed by atoms with Crippen molar-refractivity contribution >= 4 is 45.2 Å². The lowest BCUT2D eigenvalue weighted by atomic mass is 9.98. The quantitative estimate of drug-likeness (QED) is 0.206. The van der Waals surface area contributed by atoms with E-state index in [2.05, 4.69) is 81.6 Å². The van der Waals surface area contributed by atoms with Crippen LogP contribution in [0.1, 0.15) is 11.1 Å². The second-order valence-electron chi connectivity index (χ2n) is 6.80. The van der Waals surface area contributed by atoms with E-state index in [1.807, 2.05) is 0 Å². The van der Waals surface area contributed by atoms with Gasteiger partial charge in [-0.2, -0.15) is 0 Å². The SMILES string of the molecule is Fc1ccc(-c2ccc(Cc3ccc(-c4ccc(F)cc4)cc3I)c(I)c2)cc1. The molecule has 0 unspecified atom stereocenters. The average molecular weight is 608 g/mol. The molecule has 0 nitrogen and oxygen atoms in total. The smallest absolute Gasteiger partial charge is 0.123 e. The van der Waals surface area contributed by atoms with Crippen LogP contribution < -0.4 is 0 Å². The Hall–Kier alpha value is -1.80. The molecule has 4 rings (SSSR count). The molecule has 0 bridgehead atoms. The highest BCUT2D eigenvalue weighted by molar-refractivity contribution is 14.1. The van der Waals surface area contributed by atoms with Crippen LogP contribution in [0.4, 0.5) is 8.78 Å². The predicted molar refractivity (Wildman–Crippen MR) is 132 cm³/mol. The number of benzene rings is 4. The first-order chi connectivity index (χ1) is 14.0. The van der Waals surface area contributed by atoms with Crippen molar-refractivity contribution < 1.29 is 8.78 Å². The van der Waals surface area contributed by atoms with Gasteiger partial charge in [-0.05, 0) is 121 Å². The number of hydrogen-bond acceptors (Lipinski definition) is 0. The Morgan fingerprint density at radius 1 is 0.483 bits per heavy atom. The Morgan fingerprint density at radius 3 is 1.17 bits per heavy atom. The summed E-state index contributed by atoms with van der Waals surface area (Å²) in [6.07, 6.45) is 0.837. The first kappa shape index (κ1) is 20.5. The highest BCUT2D eigenvalue weighted by Crippen LogP contribution is 2.29. The molecule has 0 aliphatic rings. The number of rotatable bonds is 4. The zero-order chi connectivity index (χ0) is 20.4. The van der Waals surface area contributed by atoms with Gasteiger partial charge in [0.05, 0.1) is 0 Å². The number of hydrogen-bond donors (Lipinski definition) is 0. The third-order valence-corrected chi connectivity index (χ3v) is 6.85. The van der Waals surface area contributed by atoms with Crippen LogP contribution in [0.15, 0.2) is 84.9 Å². The zero-order valence-corrected chi connectivity index (χ0v) is 19.6. The molecule has 4 aromatic carbocycles. The lowest BCUT2D eigenvalue weighted by Gasteiger charge is -2.11. The van der Waals surface area contributed by atoms with Gasteiger partial charge in [0.1, 0.15) is 11.6 Å². The second kappa shape index (κ2) is 8.92. The highest BCUT2D eigenvalue weighted by atomic mass is 127. The van der Waals surface area contributed by atoms with Crippen LogP contribution in [0.2, 0.25) is 0 Å². The van der Waals surface area contributed by atoms with E-state index >= 15 is 0 Å². The van der Waals surface area contributed by atoms with Gasteiger partial charge in [-0.15, -0.1) is 0 Å². The average Bonchev–Trinajstić information content (AvgIpc) is 2.72. The standard InChI is InChI=1S/C25H16F2I2/c26-22-9-5-16(6-10-22)18-1-3-20(24(28)14-18)13-21-4-2-19(15-25(21)29)17-7-11-23(27)12-8-17/h1-12,14-15H,13H2.